The summed E-state index contributed by atoms with van der Waals surface area (Å²) in [5, 5.41) is 0.798. The van der Waals surface area contributed by atoms with E-state index in [1.165, 1.54) is 24.8 Å². The number of hydrogen-bond donors (Lipinski definition) is 1. The van der Waals surface area contributed by atoms with Gasteiger partial charge in [-0.15, -0.1) is 0 Å². The first-order valence-corrected chi connectivity index (χ1v) is 11.0. The number of nitrogens with one attached hydrogen (secondary N) is 1. The van der Waals surface area contributed by atoms with Gasteiger partial charge >= 0.3 is 6.61 Å². The van der Waals surface area contributed by atoms with Gasteiger partial charge in [-0.25, -0.2) is 24.9 Å². The molecule has 0 amide bonds. The topological polar surface area (TPSA) is 102 Å². The lowest BCUT2D eigenvalue weighted by atomic mass is 9.94. The SMILES string of the molecule is Cc1ccc2c(-c3ccc(OC(F)F)cc3)ncnc2c1-c1ncccc1-c1ncnc2nc[nH]c12. The van der Waals surface area contributed by atoms with Crippen LogP contribution in [0.15, 0.2) is 73.7 Å². The molecule has 0 unspecified atom stereocenters. The second-order valence-electron chi connectivity index (χ2n) is 8.00. The third-order valence-electron chi connectivity index (χ3n) is 5.89. The van der Waals surface area contributed by atoms with Gasteiger partial charge in [-0.1, -0.05) is 12.1 Å². The minimum absolute atomic E-state index is 0.0803. The Kier molecular flexibility index (Phi) is 5.25. The van der Waals surface area contributed by atoms with E-state index in [0.29, 0.717) is 33.8 Å². The highest BCUT2D eigenvalue weighted by atomic mass is 19.3. The minimum atomic E-state index is -2.88. The van der Waals surface area contributed by atoms with Gasteiger partial charge in [0.2, 0.25) is 0 Å². The third-order valence-corrected chi connectivity index (χ3v) is 5.89. The Morgan fingerprint density at radius 3 is 2.44 bits per heavy atom. The molecule has 0 spiro atoms. The molecule has 176 valence electrons. The van der Waals surface area contributed by atoms with E-state index in [-0.39, 0.29) is 5.75 Å². The van der Waals surface area contributed by atoms with Crippen molar-refractivity contribution in [2.24, 2.45) is 0 Å². The van der Waals surface area contributed by atoms with Crippen molar-refractivity contribution >= 4 is 22.1 Å². The van der Waals surface area contributed by atoms with E-state index in [0.717, 1.165) is 27.6 Å². The van der Waals surface area contributed by atoms with E-state index < -0.39 is 6.61 Å². The lowest BCUT2D eigenvalue weighted by Crippen LogP contribution is -2.01. The Balaban J connectivity index is 1.55. The van der Waals surface area contributed by atoms with Gasteiger partial charge in [-0.2, -0.15) is 8.78 Å². The van der Waals surface area contributed by atoms with Crippen LogP contribution in [-0.4, -0.2) is 41.5 Å². The molecule has 4 aromatic heterocycles. The predicted molar refractivity (Wildman–Crippen MR) is 130 cm³/mol. The van der Waals surface area contributed by atoms with Gasteiger partial charge in [0, 0.05) is 28.3 Å². The molecule has 0 saturated heterocycles. The molecule has 0 bridgehead atoms. The summed E-state index contributed by atoms with van der Waals surface area (Å²) in [6.07, 6.45) is 6.28. The molecule has 10 heteroatoms. The van der Waals surface area contributed by atoms with Crippen molar-refractivity contribution in [3.8, 4) is 39.5 Å². The zero-order valence-corrected chi connectivity index (χ0v) is 18.9. The summed E-state index contributed by atoms with van der Waals surface area (Å²) < 4.78 is 29.6. The summed E-state index contributed by atoms with van der Waals surface area (Å²) in [5.74, 6) is 0.0803. The first kappa shape index (κ1) is 21.7. The Morgan fingerprint density at radius 1 is 0.806 bits per heavy atom. The molecule has 0 atom stereocenters. The number of aromatic nitrogens is 7. The van der Waals surface area contributed by atoms with Crippen LogP contribution in [0.2, 0.25) is 0 Å². The molecule has 6 rings (SSSR count). The van der Waals surface area contributed by atoms with E-state index >= 15 is 0 Å². The van der Waals surface area contributed by atoms with Crippen LogP contribution in [0.4, 0.5) is 8.78 Å². The largest absolute Gasteiger partial charge is 0.435 e. The van der Waals surface area contributed by atoms with Crippen LogP contribution in [0.1, 0.15) is 5.56 Å². The van der Waals surface area contributed by atoms with Crippen LogP contribution in [-0.2, 0) is 0 Å². The summed E-state index contributed by atoms with van der Waals surface area (Å²) in [6, 6.07) is 14.1. The summed E-state index contributed by atoms with van der Waals surface area (Å²) in [6.45, 7) is -0.885. The van der Waals surface area contributed by atoms with Gasteiger partial charge in [0.15, 0.2) is 5.65 Å². The monoisotopic (exact) mass is 481 g/mol. The van der Waals surface area contributed by atoms with Crippen molar-refractivity contribution in [2.75, 3.05) is 0 Å². The number of alkyl halides is 2. The summed E-state index contributed by atoms with van der Waals surface area (Å²) in [5.41, 5.74) is 7.41. The molecule has 0 saturated carbocycles. The number of H-pyrrole nitrogens is 1. The van der Waals surface area contributed by atoms with E-state index in [2.05, 4.69) is 34.6 Å². The van der Waals surface area contributed by atoms with E-state index in [1.807, 2.05) is 31.2 Å². The van der Waals surface area contributed by atoms with Gasteiger partial charge in [-0.05, 0) is 48.9 Å². The predicted octanol–water partition coefficient (Wildman–Crippen LogP) is 5.60. The second-order valence-corrected chi connectivity index (χ2v) is 8.00. The molecule has 8 nitrogen and oxygen atoms in total. The number of fused-ring (bicyclic) bond motifs is 2. The van der Waals surface area contributed by atoms with Crippen molar-refractivity contribution in [1.29, 1.82) is 0 Å². The highest BCUT2D eigenvalue weighted by molar-refractivity contribution is 6.04. The van der Waals surface area contributed by atoms with Crippen LogP contribution >= 0.6 is 0 Å². The Labute approximate surface area is 203 Å². The maximum absolute atomic E-state index is 12.6. The zero-order chi connectivity index (χ0) is 24.6. The molecule has 36 heavy (non-hydrogen) atoms. The fourth-order valence-corrected chi connectivity index (χ4v) is 4.32. The Morgan fingerprint density at radius 2 is 1.61 bits per heavy atom. The number of benzene rings is 2. The smallest absolute Gasteiger partial charge is 0.387 e. The van der Waals surface area contributed by atoms with Crippen LogP contribution in [0.25, 0.3) is 55.8 Å². The summed E-state index contributed by atoms with van der Waals surface area (Å²) in [7, 11) is 0. The van der Waals surface area contributed by atoms with Crippen LogP contribution in [0, 0.1) is 6.92 Å². The summed E-state index contributed by atoms with van der Waals surface area (Å²) in [4.78, 5) is 29.9. The maximum atomic E-state index is 12.6. The molecule has 4 heterocycles. The fraction of sp³-hybridized carbons (Fsp3) is 0.0769. The van der Waals surface area contributed by atoms with Gasteiger partial charge in [0.1, 0.15) is 29.6 Å². The molecular weight excluding hydrogens is 464 g/mol. The molecule has 6 aromatic rings. The van der Waals surface area contributed by atoms with E-state index in [9.17, 15) is 8.78 Å². The molecule has 0 aliphatic carbocycles. The van der Waals surface area contributed by atoms with Crippen LogP contribution in [0.3, 0.4) is 0 Å². The van der Waals surface area contributed by atoms with E-state index in [1.54, 1.807) is 24.7 Å². The lowest BCUT2D eigenvalue weighted by molar-refractivity contribution is -0.0498. The molecular formula is C26H17F2N7O. The summed E-state index contributed by atoms with van der Waals surface area (Å²) >= 11 is 0. The number of aryl methyl sites for hydroxylation is 1. The Bertz CT molecular complexity index is 1720. The first-order chi connectivity index (χ1) is 17.6. The van der Waals surface area contributed by atoms with Crippen molar-refractivity contribution < 1.29 is 13.5 Å². The zero-order valence-electron chi connectivity index (χ0n) is 18.9. The second kappa shape index (κ2) is 8.73. The minimum Gasteiger partial charge on any atom is -0.435 e. The molecule has 0 radical (unpaired) electrons. The van der Waals surface area contributed by atoms with Gasteiger partial charge < -0.3 is 9.72 Å². The number of hydrogen-bond acceptors (Lipinski definition) is 7. The van der Waals surface area contributed by atoms with Gasteiger partial charge in [0.05, 0.1) is 23.2 Å². The fourth-order valence-electron chi connectivity index (χ4n) is 4.32. The van der Waals surface area contributed by atoms with Gasteiger partial charge in [-0.3, -0.25) is 4.98 Å². The van der Waals surface area contributed by atoms with Crippen molar-refractivity contribution in [1.82, 2.24) is 34.9 Å². The van der Waals surface area contributed by atoms with Crippen molar-refractivity contribution in [3.63, 3.8) is 0 Å². The van der Waals surface area contributed by atoms with Crippen LogP contribution < -0.4 is 4.74 Å². The number of halogens is 2. The number of rotatable bonds is 5. The van der Waals surface area contributed by atoms with Crippen LogP contribution in [0.5, 0.6) is 5.75 Å². The molecule has 2 aromatic carbocycles. The van der Waals surface area contributed by atoms with Crippen molar-refractivity contribution in [3.05, 3.63) is 79.3 Å². The highest BCUT2D eigenvalue weighted by Crippen LogP contribution is 2.38. The maximum Gasteiger partial charge on any atom is 0.387 e. The standard InChI is InChI=1S/C26H17F2N7O/c1-14-4-9-18-20(15-5-7-16(8-6-15)36-26(27)28)30-11-31-22(18)19(14)21-17(3-2-10-29-21)23-24-25(34-12-32-23)35-13-33-24/h2-13,26H,1H3,(H,32,33,34,35). The Hall–Kier alpha value is -4.86. The number of pyridine rings is 1. The third kappa shape index (κ3) is 3.68. The normalized spacial score (nSPS) is 11.4. The number of ether oxygens (including phenoxy) is 1. The van der Waals surface area contributed by atoms with Crippen molar-refractivity contribution in [2.45, 2.75) is 13.5 Å². The average Bonchev–Trinajstić information content (AvgIpc) is 3.38. The van der Waals surface area contributed by atoms with E-state index in [4.69, 9.17) is 4.98 Å². The number of aromatic amines is 1. The van der Waals surface area contributed by atoms with Gasteiger partial charge in [0.25, 0.3) is 0 Å². The average molecular weight is 481 g/mol. The molecule has 0 fully saturated rings. The molecule has 1 N–H and O–H groups in total. The first-order valence-electron chi connectivity index (χ1n) is 11.0. The highest BCUT2D eigenvalue weighted by Gasteiger charge is 2.20. The molecule has 0 aliphatic rings. The lowest BCUT2D eigenvalue weighted by Gasteiger charge is -2.15. The quantitative estimate of drug-likeness (QED) is 0.342. The number of nitrogens with zero attached hydrogens (tertiary/aromatic N) is 6. The number of imidazole rings is 1. The molecule has 0 aliphatic heterocycles.